The zero-order chi connectivity index (χ0) is 24.6. The van der Waals surface area contributed by atoms with E-state index >= 15 is 0 Å². The fourth-order valence-electron chi connectivity index (χ4n) is 5.15. The molecule has 2 aliphatic heterocycles. The molecule has 2 aliphatic rings. The Hall–Kier alpha value is -1.30. The first-order chi connectivity index (χ1) is 17.3. The van der Waals surface area contributed by atoms with Crippen LogP contribution in [-0.2, 0) is 9.47 Å². The van der Waals surface area contributed by atoms with Gasteiger partial charge < -0.3 is 18.9 Å². The van der Waals surface area contributed by atoms with Gasteiger partial charge in [0.2, 0.25) is 0 Å². The van der Waals surface area contributed by atoms with Crippen LogP contribution in [0.4, 0.5) is 0 Å². The maximum absolute atomic E-state index is 6.42. The Morgan fingerprint density at radius 1 is 0.829 bits per heavy atom. The third kappa shape index (κ3) is 10.7. The number of fused-ring (bicyclic) bond motifs is 1. The van der Waals surface area contributed by atoms with E-state index in [1.807, 2.05) is 24.3 Å². The van der Waals surface area contributed by atoms with Crippen LogP contribution < -0.4 is 9.47 Å². The highest BCUT2D eigenvalue weighted by atomic mass is 16.6. The van der Waals surface area contributed by atoms with Crippen molar-refractivity contribution in [1.29, 1.82) is 0 Å². The third-order valence-electron chi connectivity index (χ3n) is 7.30. The number of nitrogens with zero attached hydrogens (tertiary/aromatic N) is 1. The fourth-order valence-corrected chi connectivity index (χ4v) is 5.15. The van der Waals surface area contributed by atoms with Crippen molar-refractivity contribution < 1.29 is 18.9 Å². The van der Waals surface area contributed by atoms with Gasteiger partial charge in [0.1, 0.15) is 12.8 Å². The number of unbranched alkanes of at least 4 members (excludes halogenated alkanes) is 5. The molecule has 35 heavy (non-hydrogen) atoms. The average molecular weight is 490 g/mol. The number of ether oxygens (including phenoxy) is 4. The van der Waals surface area contributed by atoms with Crippen molar-refractivity contribution >= 4 is 0 Å². The third-order valence-corrected chi connectivity index (χ3v) is 7.30. The quantitative estimate of drug-likeness (QED) is 0.201. The summed E-state index contributed by atoms with van der Waals surface area (Å²) in [5.41, 5.74) is 0. The van der Waals surface area contributed by atoms with E-state index in [1.54, 1.807) is 0 Å². The van der Waals surface area contributed by atoms with E-state index in [0.717, 1.165) is 37.4 Å². The minimum Gasteiger partial charge on any atom is -0.486 e. The van der Waals surface area contributed by atoms with E-state index in [1.165, 1.54) is 83.7 Å². The van der Waals surface area contributed by atoms with Gasteiger partial charge in [-0.15, -0.1) is 0 Å². The van der Waals surface area contributed by atoms with E-state index in [-0.39, 0.29) is 6.10 Å². The lowest BCUT2D eigenvalue weighted by Crippen LogP contribution is -2.41. The van der Waals surface area contributed by atoms with Gasteiger partial charge in [-0.1, -0.05) is 70.9 Å². The molecule has 0 N–H and O–H groups in total. The molecule has 5 heteroatoms. The molecular weight excluding hydrogens is 438 g/mol. The summed E-state index contributed by atoms with van der Waals surface area (Å²) in [6, 6.07) is 7.89. The molecule has 3 atom stereocenters. The highest BCUT2D eigenvalue weighted by Crippen LogP contribution is 2.31. The van der Waals surface area contributed by atoms with Crippen molar-refractivity contribution in [2.24, 2.45) is 0 Å². The Morgan fingerprint density at radius 2 is 1.57 bits per heavy atom. The van der Waals surface area contributed by atoms with Crippen molar-refractivity contribution in [3.63, 3.8) is 0 Å². The lowest BCUT2D eigenvalue weighted by Gasteiger charge is -2.34. The molecule has 2 heterocycles. The molecule has 0 amide bonds. The molecule has 0 radical (unpaired) electrons. The van der Waals surface area contributed by atoms with Crippen LogP contribution in [0, 0.1) is 0 Å². The summed E-state index contributed by atoms with van der Waals surface area (Å²) >= 11 is 0. The van der Waals surface area contributed by atoms with Crippen molar-refractivity contribution in [2.45, 2.75) is 122 Å². The number of likely N-dealkylation sites (tertiary alicyclic amines) is 1. The molecule has 0 spiro atoms. The first kappa shape index (κ1) is 28.3. The van der Waals surface area contributed by atoms with Crippen molar-refractivity contribution in [3.05, 3.63) is 24.3 Å². The normalized spacial score (nSPS) is 20.0. The summed E-state index contributed by atoms with van der Waals surface area (Å²) < 4.78 is 24.7. The number of rotatable bonds is 18. The largest absolute Gasteiger partial charge is 0.486 e. The summed E-state index contributed by atoms with van der Waals surface area (Å²) in [6.07, 6.45) is 18.0. The molecule has 3 rings (SSSR count). The molecule has 0 bridgehead atoms. The first-order valence-electron chi connectivity index (χ1n) is 14.7. The fraction of sp³-hybridized carbons (Fsp3) is 0.800. The van der Waals surface area contributed by atoms with Gasteiger partial charge in [-0.3, -0.25) is 4.90 Å². The topological polar surface area (TPSA) is 40.2 Å². The smallest absolute Gasteiger partial charge is 0.161 e. The molecule has 1 fully saturated rings. The van der Waals surface area contributed by atoms with Gasteiger partial charge in [-0.25, -0.2) is 0 Å². The molecule has 0 aliphatic carbocycles. The van der Waals surface area contributed by atoms with E-state index in [4.69, 9.17) is 18.9 Å². The van der Waals surface area contributed by atoms with E-state index in [2.05, 4.69) is 18.7 Å². The SMILES string of the molecule is CCCCCC(OCCCCCC(CCCC)OCC1COc2ccccc2O1)N1CCCCC1. The highest BCUT2D eigenvalue weighted by Gasteiger charge is 2.23. The Kier molecular flexibility index (Phi) is 13.9. The first-order valence-corrected chi connectivity index (χ1v) is 14.7. The molecular formula is C30H51NO4. The van der Waals surface area contributed by atoms with Gasteiger partial charge in [0.25, 0.3) is 0 Å². The van der Waals surface area contributed by atoms with Crippen LogP contribution >= 0.6 is 0 Å². The van der Waals surface area contributed by atoms with E-state index in [9.17, 15) is 0 Å². The average Bonchev–Trinajstić information content (AvgIpc) is 2.91. The van der Waals surface area contributed by atoms with Crippen LogP contribution in [0.15, 0.2) is 24.3 Å². The van der Waals surface area contributed by atoms with Gasteiger partial charge in [0, 0.05) is 19.7 Å². The van der Waals surface area contributed by atoms with Crippen LogP contribution in [-0.4, -0.2) is 56.2 Å². The maximum Gasteiger partial charge on any atom is 0.161 e. The number of piperidine rings is 1. The van der Waals surface area contributed by atoms with Crippen molar-refractivity contribution in [3.8, 4) is 11.5 Å². The lowest BCUT2D eigenvalue weighted by atomic mass is 10.1. The predicted molar refractivity (Wildman–Crippen MR) is 143 cm³/mol. The van der Waals surface area contributed by atoms with Crippen LogP contribution in [0.5, 0.6) is 11.5 Å². The Morgan fingerprint density at radius 3 is 2.37 bits per heavy atom. The molecule has 1 aromatic rings. The van der Waals surface area contributed by atoms with Crippen LogP contribution in [0.2, 0.25) is 0 Å². The standard InChI is InChI=1S/C30H51NO4/c1-3-5-9-20-30(31-21-13-8-14-22-31)32-23-15-7-10-17-26(16-6-4-2)33-24-27-25-34-28-18-11-12-19-29(28)35-27/h11-12,18-19,26-27,30H,3-10,13-17,20-25H2,1-2H3. The number of para-hydroxylation sites is 2. The zero-order valence-corrected chi connectivity index (χ0v) is 22.6. The second kappa shape index (κ2) is 17.2. The Bertz CT molecular complexity index is 664. The molecule has 3 unspecified atom stereocenters. The van der Waals surface area contributed by atoms with Crippen molar-refractivity contribution in [1.82, 2.24) is 4.90 Å². The Labute approximate surface area is 214 Å². The van der Waals surface area contributed by atoms with Crippen LogP contribution in [0.25, 0.3) is 0 Å². The monoisotopic (exact) mass is 489 g/mol. The number of hydrogen-bond donors (Lipinski definition) is 0. The van der Waals surface area contributed by atoms with E-state index in [0.29, 0.717) is 25.5 Å². The van der Waals surface area contributed by atoms with Gasteiger partial charge in [0.15, 0.2) is 17.6 Å². The van der Waals surface area contributed by atoms with Gasteiger partial charge >= 0.3 is 0 Å². The molecule has 1 saturated heterocycles. The molecule has 200 valence electrons. The summed E-state index contributed by atoms with van der Waals surface area (Å²) in [6.45, 7) is 9.02. The molecule has 1 aromatic carbocycles. The second-order valence-corrected chi connectivity index (χ2v) is 10.4. The van der Waals surface area contributed by atoms with E-state index < -0.39 is 0 Å². The van der Waals surface area contributed by atoms with Gasteiger partial charge in [-0.2, -0.15) is 0 Å². The maximum atomic E-state index is 6.42. The minimum atomic E-state index is -0.0261. The Balaban J connectivity index is 1.32. The summed E-state index contributed by atoms with van der Waals surface area (Å²) in [7, 11) is 0. The number of benzene rings is 1. The van der Waals surface area contributed by atoms with Crippen LogP contribution in [0.1, 0.15) is 104 Å². The molecule has 0 saturated carbocycles. The second-order valence-electron chi connectivity index (χ2n) is 10.4. The number of hydrogen-bond acceptors (Lipinski definition) is 5. The van der Waals surface area contributed by atoms with Crippen LogP contribution in [0.3, 0.4) is 0 Å². The van der Waals surface area contributed by atoms with Gasteiger partial charge in [-0.05, 0) is 57.1 Å². The highest BCUT2D eigenvalue weighted by molar-refractivity contribution is 5.40. The predicted octanol–water partition coefficient (Wildman–Crippen LogP) is 7.37. The summed E-state index contributed by atoms with van der Waals surface area (Å²) in [5, 5.41) is 0. The van der Waals surface area contributed by atoms with Gasteiger partial charge in [0.05, 0.1) is 12.7 Å². The van der Waals surface area contributed by atoms with Crippen molar-refractivity contribution in [2.75, 3.05) is 32.9 Å². The summed E-state index contributed by atoms with van der Waals surface area (Å²) in [5.74, 6) is 1.66. The summed E-state index contributed by atoms with van der Waals surface area (Å²) in [4.78, 5) is 2.60. The lowest BCUT2D eigenvalue weighted by molar-refractivity contribution is -0.0736. The zero-order valence-electron chi connectivity index (χ0n) is 22.6. The minimum absolute atomic E-state index is 0.0261. The molecule has 5 nitrogen and oxygen atoms in total. The molecule has 0 aromatic heterocycles.